The van der Waals surface area contributed by atoms with Gasteiger partial charge in [-0.15, -0.1) is 24.0 Å². The van der Waals surface area contributed by atoms with Crippen LogP contribution in [0.1, 0.15) is 25.3 Å². The highest BCUT2D eigenvalue weighted by Crippen LogP contribution is 2.20. The lowest BCUT2D eigenvalue weighted by Gasteiger charge is -2.21. The first kappa shape index (κ1) is 24.1. The van der Waals surface area contributed by atoms with E-state index in [1.165, 1.54) is 5.56 Å². The van der Waals surface area contributed by atoms with Crippen LogP contribution in [0.4, 0.5) is 0 Å². The van der Waals surface area contributed by atoms with Gasteiger partial charge in [-0.05, 0) is 25.3 Å². The van der Waals surface area contributed by atoms with Crippen molar-refractivity contribution in [1.82, 2.24) is 15.5 Å². The van der Waals surface area contributed by atoms with E-state index in [-0.39, 0.29) is 24.0 Å². The smallest absolute Gasteiger partial charge is 0.191 e. The normalized spacial score (nSPS) is 20.3. The highest BCUT2D eigenvalue weighted by Gasteiger charge is 2.29. The van der Waals surface area contributed by atoms with Crippen molar-refractivity contribution < 1.29 is 9.47 Å². The Morgan fingerprint density at radius 3 is 2.70 bits per heavy atom. The van der Waals surface area contributed by atoms with Crippen LogP contribution >= 0.6 is 24.0 Å². The standard InChI is InChI=1S/C20H34N4O2.HI/c1-17-14-19(16-24(17)15-18-8-5-4-6-9-18)23-20(21-2)22-10-7-11-26-13-12-25-3;/h4-6,8-9,17,19H,7,10-16H2,1-3H3,(H2,21,22,23);1H. The number of hydrogen-bond donors (Lipinski definition) is 2. The van der Waals surface area contributed by atoms with Crippen LogP contribution in [0.2, 0.25) is 0 Å². The molecule has 2 rings (SSSR count). The zero-order valence-electron chi connectivity index (χ0n) is 16.8. The number of rotatable bonds is 10. The molecule has 154 valence electrons. The van der Waals surface area contributed by atoms with Gasteiger partial charge >= 0.3 is 0 Å². The van der Waals surface area contributed by atoms with Crippen molar-refractivity contribution >= 4 is 29.9 Å². The molecule has 2 N–H and O–H groups in total. The number of benzene rings is 1. The van der Waals surface area contributed by atoms with Crippen LogP contribution in [0, 0.1) is 0 Å². The van der Waals surface area contributed by atoms with Crippen molar-refractivity contribution in [2.75, 3.05) is 47.1 Å². The molecule has 0 aliphatic carbocycles. The van der Waals surface area contributed by atoms with Crippen LogP contribution in [0.25, 0.3) is 0 Å². The molecular formula is C20H35IN4O2. The number of aliphatic imine (C=N–C) groups is 1. The SMILES string of the molecule is CN=C(NCCCOCCOC)NC1CC(C)N(Cc2ccccc2)C1.I. The van der Waals surface area contributed by atoms with E-state index in [0.29, 0.717) is 25.3 Å². The number of nitrogens with zero attached hydrogens (tertiary/aromatic N) is 2. The van der Waals surface area contributed by atoms with Gasteiger partial charge in [-0.1, -0.05) is 30.3 Å². The molecule has 1 heterocycles. The molecule has 1 fully saturated rings. The average Bonchev–Trinajstić information content (AvgIpc) is 2.99. The molecule has 6 nitrogen and oxygen atoms in total. The molecule has 1 aliphatic rings. The molecule has 0 amide bonds. The van der Waals surface area contributed by atoms with Crippen LogP contribution in [-0.2, 0) is 16.0 Å². The van der Waals surface area contributed by atoms with Crippen molar-refractivity contribution in [3.63, 3.8) is 0 Å². The first-order chi connectivity index (χ1) is 12.7. The summed E-state index contributed by atoms with van der Waals surface area (Å²) in [6, 6.07) is 11.7. The number of nitrogens with one attached hydrogen (secondary N) is 2. The van der Waals surface area contributed by atoms with Gasteiger partial charge in [-0.3, -0.25) is 9.89 Å². The second-order valence-electron chi connectivity index (χ2n) is 6.80. The van der Waals surface area contributed by atoms with E-state index in [0.717, 1.165) is 45.0 Å². The highest BCUT2D eigenvalue weighted by atomic mass is 127. The summed E-state index contributed by atoms with van der Waals surface area (Å²) in [5.41, 5.74) is 1.37. The molecule has 27 heavy (non-hydrogen) atoms. The van der Waals surface area contributed by atoms with Gasteiger partial charge in [-0.25, -0.2) is 0 Å². The maximum atomic E-state index is 5.48. The first-order valence-electron chi connectivity index (χ1n) is 9.54. The minimum Gasteiger partial charge on any atom is -0.382 e. The van der Waals surface area contributed by atoms with Gasteiger partial charge < -0.3 is 20.1 Å². The predicted molar refractivity (Wildman–Crippen MR) is 122 cm³/mol. The van der Waals surface area contributed by atoms with E-state index in [2.05, 4.69) is 57.8 Å². The molecule has 0 aromatic heterocycles. The van der Waals surface area contributed by atoms with Gasteiger partial charge in [0.15, 0.2) is 5.96 Å². The molecule has 2 unspecified atom stereocenters. The third-order valence-electron chi connectivity index (χ3n) is 4.69. The van der Waals surface area contributed by atoms with Gasteiger partial charge in [0.05, 0.1) is 13.2 Å². The van der Waals surface area contributed by atoms with E-state index < -0.39 is 0 Å². The van der Waals surface area contributed by atoms with Crippen LogP contribution in [-0.4, -0.2) is 70.0 Å². The number of halogens is 1. The molecule has 7 heteroatoms. The molecule has 0 spiro atoms. The summed E-state index contributed by atoms with van der Waals surface area (Å²) in [7, 11) is 3.51. The van der Waals surface area contributed by atoms with E-state index >= 15 is 0 Å². The fourth-order valence-electron chi connectivity index (χ4n) is 3.25. The van der Waals surface area contributed by atoms with Gasteiger partial charge in [0.25, 0.3) is 0 Å². The van der Waals surface area contributed by atoms with Crippen LogP contribution in [0.3, 0.4) is 0 Å². The van der Waals surface area contributed by atoms with E-state index in [1.54, 1.807) is 7.11 Å². The first-order valence-corrected chi connectivity index (χ1v) is 9.54. The summed E-state index contributed by atoms with van der Waals surface area (Å²) >= 11 is 0. The largest absolute Gasteiger partial charge is 0.382 e. The summed E-state index contributed by atoms with van der Waals surface area (Å²) in [6.45, 7) is 7.23. The molecule has 1 saturated heterocycles. The fraction of sp³-hybridized carbons (Fsp3) is 0.650. The van der Waals surface area contributed by atoms with Gasteiger partial charge in [0.2, 0.25) is 0 Å². The highest BCUT2D eigenvalue weighted by molar-refractivity contribution is 14.0. The molecule has 1 aliphatic heterocycles. The summed E-state index contributed by atoms with van der Waals surface area (Å²) in [4.78, 5) is 6.88. The predicted octanol–water partition coefficient (Wildman–Crippen LogP) is 2.49. The number of methoxy groups -OCH3 is 1. The van der Waals surface area contributed by atoms with E-state index in [4.69, 9.17) is 9.47 Å². The number of likely N-dealkylation sites (tertiary alicyclic amines) is 1. The van der Waals surface area contributed by atoms with Crippen molar-refractivity contribution in [1.29, 1.82) is 0 Å². The van der Waals surface area contributed by atoms with Gasteiger partial charge in [0, 0.05) is 52.5 Å². The van der Waals surface area contributed by atoms with Crippen LogP contribution in [0.5, 0.6) is 0 Å². The number of hydrogen-bond acceptors (Lipinski definition) is 4. The Bertz CT molecular complexity index is 530. The van der Waals surface area contributed by atoms with Crippen LogP contribution < -0.4 is 10.6 Å². The van der Waals surface area contributed by atoms with Gasteiger partial charge in [-0.2, -0.15) is 0 Å². The van der Waals surface area contributed by atoms with Crippen molar-refractivity contribution in [3.8, 4) is 0 Å². The maximum absolute atomic E-state index is 5.48. The van der Waals surface area contributed by atoms with Gasteiger partial charge in [0.1, 0.15) is 0 Å². The molecule has 1 aromatic rings. The molecule has 1 aromatic carbocycles. The van der Waals surface area contributed by atoms with Crippen molar-refractivity contribution in [2.24, 2.45) is 4.99 Å². The Balaban J connectivity index is 0.00000364. The lowest BCUT2D eigenvalue weighted by Crippen LogP contribution is -2.44. The van der Waals surface area contributed by atoms with Crippen LogP contribution in [0.15, 0.2) is 35.3 Å². The second-order valence-corrected chi connectivity index (χ2v) is 6.80. The molecule has 0 radical (unpaired) electrons. The monoisotopic (exact) mass is 490 g/mol. The summed E-state index contributed by atoms with van der Waals surface area (Å²) in [5.74, 6) is 0.876. The summed E-state index contributed by atoms with van der Waals surface area (Å²) in [6.07, 6.45) is 2.08. The Kier molecular flexibility index (Phi) is 12.6. The molecule has 0 bridgehead atoms. The lowest BCUT2D eigenvalue weighted by molar-refractivity contribution is 0.0698. The average molecular weight is 490 g/mol. The number of ether oxygens (including phenoxy) is 2. The zero-order valence-corrected chi connectivity index (χ0v) is 19.1. The molecule has 0 saturated carbocycles. The second kappa shape index (κ2) is 14.1. The Hall–Kier alpha value is -0.900. The Morgan fingerprint density at radius 1 is 1.22 bits per heavy atom. The minimum absolute atomic E-state index is 0. The fourth-order valence-corrected chi connectivity index (χ4v) is 3.25. The Labute approximate surface area is 181 Å². The number of guanidine groups is 1. The lowest BCUT2D eigenvalue weighted by atomic mass is 10.2. The quantitative estimate of drug-likeness (QED) is 0.229. The molecule has 2 atom stereocenters. The summed E-state index contributed by atoms with van der Waals surface area (Å²) in [5, 5.41) is 6.94. The van der Waals surface area contributed by atoms with E-state index in [1.807, 2.05) is 7.05 Å². The summed E-state index contributed by atoms with van der Waals surface area (Å²) < 4.78 is 10.4. The van der Waals surface area contributed by atoms with Crippen molar-refractivity contribution in [2.45, 2.75) is 38.4 Å². The van der Waals surface area contributed by atoms with Crippen molar-refractivity contribution in [3.05, 3.63) is 35.9 Å². The third kappa shape index (κ3) is 9.23. The minimum atomic E-state index is 0. The maximum Gasteiger partial charge on any atom is 0.191 e. The third-order valence-corrected chi connectivity index (χ3v) is 4.69. The Morgan fingerprint density at radius 2 is 2.00 bits per heavy atom. The topological polar surface area (TPSA) is 58.1 Å². The van der Waals surface area contributed by atoms with E-state index in [9.17, 15) is 0 Å². The molecular weight excluding hydrogens is 455 g/mol. The zero-order chi connectivity index (χ0) is 18.6.